The van der Waals surface area contributed by atoms with Gasteiger partial charge in [0, 0.05) is 11.3 Å². The maximum atomic E-state index is 12.2. The average molecular weight is 400 g/mol. The van der Waals surface area contributed by atoms with Crippen molar-refractivity contribution in [1.29, 1.82) is 0 Å². The van der Waals surface area contributed by atoms with E-state index in [1.807, 2.05) is 49.4 Å². The minimum absolute atomic E-state index is 0.0618. The van der Waals surface area contributed by atoms with E-state index in [1.165, 1.54) is 5.56 Å². The number of aryl methyl sites for hydroxylation is 1. The van der Waals surface area contributed by atoms with E-state index in [9.17, 15) is 4.79 Å². The monoisotopic (exact) mass is 400 g/mol. The third kappa shape index (κ3) is 4.51. The molecule has 0 aliphatic heterocycles. The molecule has 1 aromatic heterocycles. The first-order valence-electron chi connectivity index (χ1n) is 9.98. The molecule has 4 rings (SSSR count). The molecule has 0 aliphatic carbocycles. The highest BCUT2D eigenvalue weighted by Gasteiger charge is 2.11. The summed E-state index contributed by atoms with van der Waals surface area (Å²) in [5, 5.41) is 2.84. The highest BCUT2D eigenvalue weighted by molar-refractivity contribution is 5.94. The van der Waals surface area contributed by atoms with Crippen LogP contribution in [0.1, 0.15) is 30.9 Å². The molecule has 5 nitrogen and oxygen atoms in total. The van der Waals surface area contributed by atoms with Crippen molar-refractivity contribution in [3.8, 4) is 17.2 Å². The summed E-state index contributed by atoms with van der Waals surface area (Å²) in [7, 11) is 0. The smallest absolute Gasteiger partial charge is 0.262 e. The molecular weight excluding hydrogens is 376 g/mol. The molecule has 152 valence electrons. The van der Waals surface area contributed by atoms with Crippen LogP contribution in [0, 0.1) is 6.92 Å². The molecule has 5 heteroatoms. The van der Waals surface area contributed by atoms with Crippen molar-refractivity contribution in [3.63, 3.8) is 0 Å². The number of amides is 1. The molecule has 4 aromatic rings. The summed E-state index contributed by atoms with van der Waals surface area (Å²) in [4.78, 5) is 16.8. The summed E-state index contributed by atoms with van der Waals surface area (Å²) in [5.41, 5.74) is 5.29. The highest BCUT2D eigenvalue weighted by Crippen LogP contribution is 2.27. The van der Waals surface area contributed by atoms with Crippen LogP contribution in [0.4, 0.5) is 5.69 Å². The van der Waals surface area contributed by atoms with Gasteiger partial charge < -0.3 is 14.5 Å². The van der Waals surface area contributed by atoms with E-state index in [1.54, 1.807) is 12.1 Å². The van der Waals surface area contributed by atoms with E-state index < -0.39 is 0 Å². The Labute approximate surface area is 175 Å². The summed E-state index contributed by atoms with van der Waals surface area (Å²) in [6.07, 6.45) is 0. The molecule has 0 atom stereocenters. The van der Waals surface area contributed by atoms with Gasteiger partial charge >= 0.3 is 0 Å². The lowest BCUT2D eigenvalue weighted by Gasteiger charge is -2.08. The second-order valence-corrected chi connectivity index (χ2v) is 7.63. The summed E-state index contributed by atoms with van der Waals surface area (Å²) in [6, 6.07) is 21.2. The molecule has 0 bridgehead atoms. The number of carbonyl (C=O) groups is 1. The fraction of sp³-hybridized carbons (Fsp3) is 0.200. The van der Waals surface area contributed by atoms with Crippen LogP contribution in [-0.4, -0.2) is 17.5 Å². The lowest BCUT2D eigenvalue weighted by molar-refractivity contribution is -0.118. The quantitative estimate of drug-likeness (QED) is 0.435. The Morgan fingerprint density at radius 1 is 1.07 bits per heavy atom. The number of fused-ring (bicyclic) bond motifs is 1. The van der Waals surface area contributed by atoms with Crippen molar-refractivity contribution in [2.45, 2.75) is 26.7 Å². The van der Waals surface area contributed by atoms with E-state index >= 15 is 0 Å². The predicted molar refractivity (Wildman–Crippen MR) is 119 cm³/mol. The highest BCUT2D eigenvalue weighted by atomic mass is 16.5. The minimum Gasteiger partial charge on any atom is -0.484 e. The predicted octanol–water partition coefficient (Wildman–Crippen LogP) is 5.94. The van der Waals surface area contributed by atoms with E-state index in [0.717, 1.165) is 11.1 Å². The van der Waals surface area contributed by atoms with E-state index in [4.69, 9.17) is 9.15 Å². The first-order valence-corrected chi connectivity index (χ1v) is 9.98. The molecule has 0 saturated heterocycles. The standard InChI is InChI=1S/C25H24N2O3/c1-16(2)18-7-9-19(10-8-18)25-27-22-14-20(11-12-23(22)30-25)26-24(28)15-29-21-6-4-5-17(3)13-21/h4-14,16H,15H2,1-3H3,(H,26,28). The Bertz CT molecular complexity index is 1180. The van der Waals surface area contributed by atoms with Crippen LogP contribution >= 0.6 is 0 Å². The molecule has 0 fully saturated rings. The van der Waals surface area contributed by atoms with Crippen LogP contribution in [0.15, 0.2) is 71.1 Å². The topological polar surface area (TPSA) is 64.4 Å². The zero-order valence-electron chi connectivity index (χ0n) is 17.3. The summed E-state index contributed by atoms with van der Waals surface area (Å²) in [5.74, 6) is 1.48. The molecule has 3 aromatic carbocycles. The number of ether oxygens (including phenoxy) is 1. The summed E-state index contributed by atoms with van der Waals surface area (Å²) < 4.78 is 11.4. The Morgan fingerprint density at radius 3 is 2.60 bits per heavy atom. The molecule has 0 unspecified atom stereocenters. The minimum atomic E-state index is -0.233. The Hall–Kier alpha value is -3.60. The number of hydrogen-bond acceptors (Lipinski definition) is 4. The van der Waals surface area contributed by atoms with Crippen LogP contribution in [0.5, 0.6) is 5.75 Å². The third-order valence-corrected chi connectivity index (χ3v) is 4.86. The van der Waals surface area contributed by atoms with E-state index in [0.29, 0.717) is 34.3 Å². The number of nitrogens with zero attached hydrogens (tertiary/aromatic N) is 1. The van der Waals surface area contributed by atoms with Gasteiger partial charge in [-0.3, -0.25) is 4.79 Å². The molecular formula is C25H24N2O3. The SMILES string of the molecule is Cc1cccc(OCC(=O)Nc2ccc3oc(-c4ccc(C(C)C)cc4)nc3c2)c1. The van der Waals surface area contributed by atoms with Gasteiger partial charge in [0.25, 0.3) is 5.91 Å². The lowest BCUT2D eigenvalue weighted by atomic mass is 10.0. The third-order valence-electron chi connectivity index (χ3n) is 4.86. The van der Waals surface area contributed by atoms with Crippen molar-refractivity contribution < 1.29 is 13.9 Å². The van der Waals surface area contributed by atoms with Gasteiger partial charge in [-0.1, -0.05) is 38.1 Å². The van der Waals surface area contributed by atoms with Crippen LogP contribution in [0.25, 0.3) is 22.6 Å². The zero-order chi connectivity index (χ0) is 21.1. The fourth-order valence-corrected chi connectivity index (χ4v) is 3.19. The summed E-state index contributed by atoms with van der Waals surface area (Å²) in [6.45, 7) is 6.24. The maximum absolute atomic E-state index is 12.2. The number of anilines is 1. The van der Waals surface area contributed by atoms with Gasteiger partial charge in [0.05, 0.1) is 0 Å². The van der Waals surface area contributed by atoms with Gasteiger partial charge in [-0.25, -0.2) is 4.98 Å². The number of nitrogens with one attached hydrogen (secondary N) is 1. The molecule has 0 aliphatic rings. The first kappa shape index (κ1) is 19.7. The molecule has 1 amide bonds. The van der Waals surface area contributed by atoms with Gasteiger partial charge in [0.2, 0.25) is 5.89 Å². The molecule has 1 N–H and O–H groups in total. The Kier molecular flexibility index (Phi) is 5.53. The second kappa shape index (κ2) is 8.41. The normalized spacial score (nSPS) is 11.1. The van der Waals surface area contributed by atoms with Gasteiger partial charge in [0.15, 0.2) is 12.2 Å². The van der Waals surface area contributed by atoms with Crippen LogP contribution in [0.3, 0.4) is 0 Å². The van der Waals surface area contributed by atoms with Crippen LogP contribution in [-0.2, 0) is 4.79 Å². The Morgan fingerprint density at radius 2 is 1.87 bits per heavy atom. The Balaban J connectivity index is 1.44. The zero-order valence-corrected chi connectivity index (χ0v) is 17.3. The van der Waals surface area contributed by atoms with Crippen molar-refractivity contribution in [3.05, 3.63) is 77.9 Å². The molecule has 0 saturated carbocycles. The molecule has 0 radical (unpaired) electrons. The van der Waals surface area contributed by atoms with Crippen molar-refractivity contribution in [1.82, 2.24) is 4.98 Å². The number of aromatic nitrogens is 1. The van der Waals surface area contributed by atoms with Crippen LogP contribution < -0.4 is 10.1 Å². The molecule has 0 spiro atoms. The number of oxazole rings is 1. The average Bonchev–Trinajstić information content (AvgIpc) is 3.16. The fourth-order valence-electron chi connectivity index (χ4n) is 3.19. The number of hydrogen-bond donors (Lipinski definition) is 1. The van der Waals surface area contributed by atoms with Crippen molar-refractivity contribution in [2.75, 3.05) is 11.9 Å². The van der Waals surface area contributed by atoms with Gasteiger partial charge in [0.1, 0.15) is 11.3 Å². The van der Waals surface area contributed by atoms with Crippen molar-refractivity contribution in [2.24, 2.45) is 0 Å². The van der Waals surface area contributed by atoms with Gasteiger partial charge in [-0.05, 0) is 66.4 Å². The number of benzene rings is 3. The van der Waals surface area contributed by atoms with E-state index in [-0.39, 0.29) is 12.5 Å². The number of rotatable bonds is 6. The van der Waals surface area contributed by atoms with Gasteiger partial charge in [-0.15, -0.1) is 0 Å². The van der Waals surface area contributed by atoms with Gasteiger partial charge in [-0.2, -0.15) is 0 Å². The van der Waals surface area contributed by atoms with Crippen molar-refractivity contribution >= 4 is 22.7 Å². The molecule has 1 heterocycles. The largest absolute Gasteiger partial charge is 0.484 e. The number of carbonyl (C=O) groups excluding carboxylic acids is 1. The molecule has 30 heavy (non-hydrogen) atoms. The summed E-state index contributed by atoms with van der Waals surface area (Å²) >= 11 is 0. The van der Waals surface area contributed by atoms with Crippen LogP contribution in [0.2, 0.25) is 0 Å². The lowest BCUT2D eigenvalue weighted by Crippen LogP contribution is -2.20. The maximum Gasteiger partial charge on any atom is 0.262 e. The van der Waals surface area contributed by atoms with E-state index in [2.05, 4.69) is 36.3 Å². The first-order chi connectivity index (χ1) is 14.5. The second-order valence-electron chi connectivity index (χ2n) is 7.63.